The van der Waals surface area contributed by atoms with Crippen LogP contribution in [0.1, 0.15) is 15.9 Å². The molecule has 0 spiro atoms. The van der Waals surface area contributed by atoms with Gasteiger partial charge in [0.05, 0.1) is 30.6 Å². The molecule has 9 nitrogen and oxygen atoms in total. The smallest absolute Gasteiger partial charge is 0.335 e. The number of benzene rings is 3. The summed E-state index contributed by atoms with van der Waals surface area (Å²) in [6, 6.07) is 16.2. The van der Waals surface area contributed by atoms with Crippen molar-refractivity contribution in [2.45, 2.75) is 6.42 Å². The van der Waals surface area contributed by atoms with Crippen LogP contribution in [0.25, 0.3) is 0 Å². The number of hydrogen-bond donors (Lipinski definition) is 4. The third-order valence-corrected chi connectivity index (χ3v) is 5.01. The van der Waals surface area contributed by atoms with Crippen molar-refractivity contribution in [3.63, 3.8) is 0 Å². The van der Waals surface area contributed by atoms with Gasteiger partial charge in [0.25, 0.3) is 0 Å². The first-order valence-corrected chi connectivity index (χ1v) is 11.0. The number of carbonyl (C=O) groups is 3. The molecule has 2 amide bonds. The molecule has 3 rings (SSSR count). The normalized spacial score (nSPS) is 10.4. The molecule has 0 saturated carbocycles. The topological polar surface area (TPSA) is 126 Å². The Morgan fingerprint density at radius 1 is 0.944 bits per heavy atom. The molecule has 0 aliphatic rings. The van der Waals surface area contributed by atoms with Gasteiger partial charge in [-0.25, -0.2) is 14.0 Å². The number of nitrogens with one attached hydrogen (secondary N) is 3. The quantitative estimate of drug-likeness (QED) is 0.280. The monoisotopic (exact) mass is 495 g/mol. The number of urea groups is 1. The molecule has 0 atom stereocenters. The number of methoxy groups -OCH3 is 1. The Morgan fingerprint density at radius 2 is 1.67 bits per heavy atom. The molecule has 10 heteroatoms. The second-order valence-corrected chi connectivity index (χ2v) is 7.66. The van der Waals surface area contributed by atoms with Crippen LogP contribution in [0.2, 0.25) is 0 Å². The second-order valence-electron chi connectivity index (χ2n) is 7.66. The Hall–Kier alpha value is -4.44. The number of rotatable bonds is 12. The number of carboxylic acid groups (broad SMARTS) is 1. The van der Waals surface area contributed by atoms with Gasteiger partial charge < -0.3 is 30.5 Å². The summed E-state index contributed by atoms with van der Waals surface area (Å²) >= 11 is 0. The van der Waals surface area contributed by atoms with Gasteiger partial charge in [-0.1, -0.05) is 18.2 Å². The second kappa shape index (κ2) is 12.9. The van der Waals surface area contributed by atoms with Gasteiger partial charge in [-0.05, 0) is 54.1 Å². The lowest BCUT2D eigenvalue weighted by Gasteiger charge is -2.13. The minimum Gasteiger partial charge on any atom is -0.495 e. The molecule has 0 heterocycles. The first-order chi connectivity index (χ1) is 17.4. The van der Waals surface area contributed by atoms with Crippen LogP contribution in [0.3, 0.4) is 0 Å². The molecule has 0 aromatic heterocycles. The van der Waals surface area contributed by atoms with Crippen molar-refractivity contribution in [2.24, 2.45) is 0 Å². The maximum Gasteiger partial charge on any atom is 0.335 e. The third-order valence-electron chi connectivity index (χ3n) is 5.01. The van der Waals surface area contributed by atoms with E-state index in [2.05, 4.69) is 16.0 Å². The number of carbonyl (C=O) groups excluding carboxylic acids is 2. The van der Waals surface area contributed by atoms with Crippen molar-refractivity contribution >= 4 is 29.2 Å². The Morgan fingerprint density at radius 3 is 2.36 bits per heavy atom. The Bertz CT molecular complexity index is 1220. The predicted octanol–water partition coefficient (Wildman–Crippen LogP) is 3.96. The lowest BCUT2D eigenvalue weighted by molar-refractivity contribution is -0.117. The molecule has 3 aromatic rings. The van der Waals surface area contributed by atoms with Gasteiger partial charge in [-0.2, -0.15) is 0 Å². The number of ketones is 1. The lowest BCUT2D eigenvalue weighted by Crippen LogP contribution is -2.28. The zero-order valence-corrected chi connectivity index (χ0v) is 19.5. The number of anilines is 2. The van der Waals surface area contributed by atoms with Crippen LogP contribution >= 0.6 is 0 Å². The summed E-state index contributed by atoms with van der Waals surface area (Å²) in [5.41, 5.74) is 1.30. The lowest BCUT2D eigenvalue weighted by atomic mass is 10.1. The van der Waals surface area contributed by atoms with Gasteiger partial charge in [-0.15, -0.1) is 0 Å². The van der Waals surface area contributed by atoms with E-state index in [1.165, 1.54) is 37.4 Å². The molecule has 0 saturated heterocycles. The number of hydrogen-bond acceptors (Lipinski definition) is 6. The summed E-state index contributed by atoms with van der Waals surface area (Å²) in [5, 5.41) is 16.9. The molecule has 4 N–H and O–H groups in total. The van der Waals surface area contributed by atoms with E-state index in [4.69, 9.17) is 14.6 Å². The van der Waals surface area contributed by atoms with Crippen LogP contribution in [0.4, 0.5) is 20.6 Å². The van der Waals surface area contributed by atoms with Gasteiger partial charge >= 0.3 is 12.0 Å². The van der Waals surface area contributed by atoms with E-state index in [0.717, 1.165) is 0 Å². The summed E-state index contributed by atoms with van der Waals surface area (Å²) in [4.78, 5) is 35.4. The first kappa shape index (κ1) is 26.2. The molecular formula is C26H26FN3O6. The first-order valence-electron chi connectivity index (χ1n) is 11.0. The highest BCUT2D eigenvalue weighted by Gasteiger charge is 2.12. The minimum atomic E-state index is -1.00. The van der Waals surface area contributed by atoms with E-state index in [-0.39, 0.29) is 30.0 Å². The summed E-state index contributed by atoms with van der Waals surface area (Å²) in [5.74, 6) is -0.713. The SMILES string of the molecule is COc1cc(CC(=O)CNCCOc2ccc(C(=O)O)cc2)ccc1NC(=O)Nc1ccccc1F. The van der Waals surface area contributed by atoms with Gasteiger partial charge in [0, 0.05) is 13.0 Å². The summed E-state index contributed by atoms with van der Waals surface area (Å²) in [6.45, 7) is 0.868. The van der Waals surface area contributed by atoms with Crippen LogP contribution in [0.5, 0.6) is 11.5 Å². The number of carboxylic acids is 1. The molecule has 3 aromatic carbocycles. The van der Waals surface area contributed by atoms with Crippen molar-refractivity contribution < 1.29 is 33.4 Å². The predicted molar refractivity (Wildman–Crippen MR) is 133 cm³/mol. The maximum absolute atomic E-state index is 13.7. The van der Waals surface area contributed by atoms with Crippen molar-refractivity contribution in [1.82, 2.24) is 5.32 Å². The number of ether oxygens (including phenoxy) is 2. The number of Topliss-reactive ketones (excluding diaryl/α,β-unsaturated/α-hetero) is 1. The van der Waals surface area contributed by atoms with Crippen LogP contribution in [-0.2, 0) is 11.2 Å². The van der Waals surface area contributed by atoms with Crippen LogP contribution in [0, 0.1) is 5.82 Å². The molecular weight excluding hydrogens is 469 g/mol. The fourth-order valence-corrected chi connectivity index (χ4v) is 3.24. The van der Waals surface area contributed by atoms with Crippen molar-refractivity contribution in [3.8, 4) is 11.5 Å². The van der Waals surface area contributed by atoms with Crippen molar-refractivity contribution in [2.75, 3.05) is 37.4 Å². The zero-order valence-electron chi connectivity index (χ0n) is 19.5. The van der Waals surface area contributed by atoms with E-state index in [0.29, 0.717) is 35.9 Å². The van der Waals surface area contributed by atoms with E-state index < -0.39 is 17.8 Å². The van der Waals surface area contributed by atoms with E-state index in [1.807, 2.05) is 0 Å². The number of para-hydroxylation sites is 1. The number of aromatic carboxylic acids is 1. The number of halogens is 1. The van der Waals surface area contributed by atoms with Crippen molar-refractivity contribution in [3.05, 3.63) is 83.7 Å². The highest BCUT2D eigenvalue weighted by molar-refractivity contribution is 6.00. The average Bonchev–Trinajstić information content (AvgIpc) is 2.86. The number of amides is 2. The fraction of sp³-hybridized carbons (Fsp3) is 0.192. The minimum absolute atomic E-state index is 0.0465. The van der Waals surface area contributed by atoms with E-state index in [9.17, 15) is 18.8 Å². The highest BCUT2D eigenvalue weighted by atomic mass is 19.1. The van der Waals surface area contributed by atoms with Crippen LogP contribution < -0.4 is 25.4 Å². The third kappa shape index (κ3) is 7.81. The Balaban J connectivity index is 1.43. The van der Waals surface area contributed by atoms with Crippen LogP contribution in [-0.4, -0.2) is 49.7 Å². The molecule has 188 valence electrons. The standard InChI is InChI=1S/C26H26FN3O6/c1-35-24-15-17(6-11-23(24)30-26(34)29-22-5-3-2-4-21(22)27)14-19(31)16-28-12-13-36-20-9-7-18(8-10-20)25(32)33/h2-11,15,28H,12-14,16H2,1H3,(H,32,33)(H2,29,30,34). The van der Waals surface area contributed by atoms with Gasteiger partial charge in [0.2, 0.25) is 0 Å². The molecule has 0 aliphatic carbocycles. The molecule has 36 heavy (non-hydrogen) atoms. The summed E-state index contributed by atoms with van der Waals surface area (Å²) in [6.07, 6.45) is 0.155. The molecule has 0 bridgehead atoms. The van der Waals surface area contributed by atoms with E-state index in [1.54, 1.807) is 36.4 Å². The van der Waals surface area contributed by atoms with Crippen LogP contribution in [0.15, 0.2) is 66.7 Å². The van der Waals surface area contributed by atoms with Gasteiger partial charge in [-0.3, -0.25) is 4.79 Å². The van der Waals surface area contributed by atoms with E-state index >= 15 is 0 Å². The zero-order chi connectivity index (χ0) is 25.9. The van der Waals surface area contributed by atoms with Crippen molar-refractivity contribution in [1.29, 1.82) is 0 Å². The van der Waals surface area contributed by atoms with Gasteiger partial charge in [0.15, 0.2) is 5.78 Å². The molecule has 0 fully saturated rings. The largest absolute Gasteiger partial charge is 0.495 e. The molecule has 0 radical (unpaired) electrons. The highest BCUT2D eigenvalue weighted by Crippen LogP contribution is 2.26. The maximum atomic E-state index is 13.7. The average molecular weight is 496 g/mol. The summed E-state index contributed by atoms with van der Waals surface area (Å²) < 4.78 is 24.6. The fourth-order valence-electron chi connectivity index (χ4n) is 3.24. The Labute approximate surface area is 207 Å². The van der Waals surface area contributed by atoms with Gasteiger partial charge in [0.1, 0.15) is 23.9 Å². The molecule has 0 aliphatic heterocycles. The Kier molecular flexibility index (Phi) is 9.35. The molecule has 0 unspecified atom stereocenters. The summed E-state index contributed by atoms with van der Waals surface area (Å²) in [7, 11) is 1.44.